The first-order chi connectivity index (χ1) is 8.08. The number of rotatable bonds is 2. The fourth-order valence-corrected chi connectivity index (χ4v) is 2.61. The summed E-state index contributed by atoms with van der Waals surface area (Å²) in [6, 6.07) is 3.55. The highest BCUT2D eigenvalue weighted by molar-refractivity contribution is 7.12. The van der Waals surface area contributed by atoms with Crippen LogP contribution in [0.25, 0.3) is 0 Å². The molecule has 1 N–H and O–H groups in total. The molecule has 88 valence electrons. The molecule has 0 saturated carbocycles. The van der Waals surface area contributed by atoms with E-state index in [-0.39, 0.29) is 5.91 Å². The lowest BCUT2D eigenvalue weighted by molar-refractivity contribution is 0.102. The van der Waals surface area contributed by atoms with E-state index in [4.69, 9.17) is 11.6 Å². The molecule has 0 saturated heterocycles. The van der Waals surface area contributed by atoms with E-state index in [0.29, 0.717) is 16.3 Å². The van der Waals surface area contributed by atoms with Crippen LogP contribution in [-0.4, -0.2) is 10.9 Å². The second kappa shape index (κ2) is 4.85. The molecule has 1 amide bonds. The molecule has 2 aromatic rings. The van der Waals surface area contributed by atoms with E-state index in [9.17, 15) is 4.79 Å². The molecule has 0 bridgehead atoms. The highest BCUT2D eigenvalue weighted by Crippen LogP contribution is 2.24. The summed E-state index contributed by atoms with van der Waals surface area (Å²) < 4.78 is 0. The molecule has 3 nitrogen and oxygen atoms in total. The van der Waals surface area contributed by atoms with Crippen molar-refractivity contribution in [3.8, 4) is 0 Å². The maximum Gasteiger partial charge on any atom is 0.256 e. The first kappa shape index (κ1) is 12.1. The van der Waals surface area contributed by atoms with Gasteiger partial charge in [0.1, 0.15) is 0 Å². The van der Waals surface area contributed by atoms with Gasteiger partial charge in [0.2, 0.25) is 0 Å². The number of carbonyl (C=O) groups is 1. The molecule has 0 fully saturated rings. The Morgan fingerprint density at radius 3 is 2.82 bits per heavy atom. The Morgan fingerprint density at radius 2 is 2.24 bits per heavy atom. The number of thiophene rings is 1. The number of aromatic nitrogens is 1. The lowest BCUT2D eigenvalue weighted by atomic mass is 10.2. The van der Waals surface area contributed by atoms with Gasteiger partial charge in [-0.2, -0.15) is 0 Å². The van der Waals surface area contributed by atoms with Gasteiger partial charge in [-0.25, -0.2) is 0 Å². The quantitative estimate of drug-likeness (QED) is 0.901. The number of halogens is 1. The van der Waals surface area contributed by atoms with Crippen molar-refractivity contribution in [1.82, 2.24) is 4.98 Å². The molecule has 2 heterocycles. The topological polar surface area (TPSA) is 42.0 Å². The number of hydrogen-bond donors (Lipinski definition) is 1. The molecule has 0 aliphatic heterocycles. The van der Waals surface area contributed by atoms with Crippen LogP contribution in [0.4, 0.5) is 5.69 Å². The van der Waals surface area contributed by atoms with Crippen molar-refractivity contribution in [3.05, 3.63) is 44.9 Å². The van der Waals surface area contributed by atoms with E-state index in [0.717, 1.165) is 9.75 Å². The summed E-state index contributed by atoms with van der Waals surface area (Å²) in [5, 5.41) is 3.21. The summed E-state index contributed by atoms with van der Waals surface area (Å²) >= 11 is 7.53. The highest BCUT2D eigenvalue weighted by Gasteiger charge is 2.13. The van der Waals surface area contributed by atoms with Crippen LogP contribution in [0, 0.1) is 13.8 Å². The van der Waals surface area contributed by atoms with Crippen molar-refractivity contribution in [2.75, 3.05) is 5.32 Å². The summed E-state index contributed by atoms with van der Waals surface area (Å²) in [5.74, 6) is -0.139. The molecule has 0 aliphatic rings. The summed E-state index contributed by atoms with van der Waals surface area (Å²) in [7, 11) is 0. The standard InChI is InChI=1S/C12H11ClN2OS/c1-7-5-9(8(2)17-7)12(16)15-11-3-4-14-6-10(11)13/h3-6H,1-2H3,(H,14,15,16). The Bertz CT molecular complexity index is 565. The molecule has 17 heavy (non-hydrogen) atoms. The maximum atomic E-state index is 12.0. The van der Waals surface area contributed by atoms with E-state index in [1.807, 2.05) is 19.9 Å². The minimum absolute atomic E-state index is 0.139. The zero-order valence-electron chi connectivity index (χ0n) is 9.45. The summed E-state index contributed by atoms with van der Waals surface area (Å²) in [4.78, 5) is 18.0. The van der Waals surface area contributed by atoms with Crippen LogP contribution in [-0.2, 0) is 0 Å². The zero-order valence-corrected chi connectivity index (χ0v) is 11.0. The molecule has 5 heteroatoms. The van der Waals surface area contributed by atoms with Crippen LogP contribution in [0.1, 0.15) is 20.1 Å². The average molecular weight is 267 g/mol. The third kappa shape index (κ3) is 2.65. The number of anilines is 1. The van der Waals surface area contributed by atoms with Crippen LogP contribution in [0.2, 0.25) is 5.02 Å². The number of aryl methyl sites for hydroxylation is 2. The van der Waals surface area contributed by atoms with Crippen LogP contribution in [0.5, 0.6) is 0 Å². The number of amides is 1. The summed E-state index contributed by atoms with van der Waals surface area (Å²) in [6.45, 7) is 3.91. The van der Waals surface area contributed by atoms with Gasteiger partial charge in [-0.3, -0.25) is 9.78 Å². The zero-order chi connectivity index (χ0) is 12.4. The number of nitrogens with zero attached hydrogens (tertiary/aromatic N) is 1. The van der Waals surface area contributed by atoms with Gasteiger partial charge in [0.15, 0.2) is 0 Å². The van der Waals surface area contributed by atoms with Gasteiger partial charge >= 0.3 is 0 Å². The summed E-state index contributed by atoms with van der Waals surface area (Å²) in [6.07, 6.45) is 3.09. The van der Waals surface area contributed by atoms with Crippen molar-refractivity contribution < 1.29 is 4.79 Å². The Morgan fingerprint density at radius 1 is 1.47 bits per heavy atom. The van der Waals surface area contributed by atoms with E-state index < -0.39 is 0 Å². The number of carbonyl (C=O) groups excluding carboxylic acids is 1. The van der Waals surface area contributed by atoms with Crippen LogP contribution < -0.4 is 5.32 Å². The highest BCUT2D eigenvalue weighted by atomic mass is 35.5. The molecule has 0 aromatic carbocycles. The Kier molecular flexibility index (Phi) is 3.45. The first-order valence-electron chi connectivity index (χ1n) is 5.06. The molecule has 2 aromatic heterocycles. The van der Waals surface area contributed by atoms with Gasteiger partial charge in [-0.15, -0.1) is 11.3 Å². The molecular weight excluding hydrogens is 256 g/mol. The molecule has 0 radical (unpaired) electrons. The second-order valence-corrected chi connectivity index (χ2v) is 5.50. The van der Waals surface area contributed by atoms with Crippen LogP contribution in [0.3, 0.4) is 0 Å². The minimum Gasteiger partial charge on any atom is -0.320 e. The van der Waals surface area contributed by atoms with E-state index >= 15 is 0 Å². The van der Waals surface area contributed by atoms with Crippen LogP contribution in [0.15, 0.2) is 24.5 Å². The van der Waals surface area contributed by atoms with Gasteiger partial charge in [-0.05, 0) is 26.0 Å². The van der Waals surface area contributed by atoms with Crippen LogP contribution >= 0.6 is 22.9 Å². The fourth-order valence-electron chi connectivity index (χ4n) is 1.52. The van der Waals surface area contributed by atoms with Gasteiger partial charge < -0.3 is 5.32 Å². The average Bonchev–Trinajstić information content (AvgIpc) is 2.61. The minimum atomic E-state index is -0.139. The van der Waals surface area contributed by atoms with Gasteiger partial charge in [0, 0.05) is 22.1 Å². The van der Waals surface area contributed by atoms with Gasteiger partial charge in [0.25, 0.3) is 5.91 Å². The molecule has 0 unspecified atom stereocenters. The number of pyridine rings is 1. The number of nitrogens with one attached hydrogen (secondary N) is 1. The predicted octanol–water partition coefficient (Wildman–Crippen LogP) is 3.67. The van der Waals surface area contributed by atoms with Crippen molar-refractivity contribution in [2.45, 2.75) is 13.8 Å². The second-order valence-electron chi connectivity index (χ2n) is 3.64. The maximum absolute atomic E-state index is 12.0. The van der Waals surface area contributed by atoms with Crippen molar-refractivity contribution in [2.24, 2.45) is 0 Å². The molecular formula is C12H11ClN2OS. The van der Waals surface area contributed by atoms with Crippen molar-refractivity contribution in [3.63, 3.8) is 0 Å². The Balaban J connectivity index is 2.23. The predicted molar refractivity (Wildman–Crippen MR) is 71.0 cm³/mol. The SMILES string of the molecule is Cc1cc(C(=O)Nc2ccncc2Cl)c(C)s1. The number of hydrogen-bond acceptors (Lipinski definition) is 3. The third-order valence-corrected chi connectivity index (χ3v) is 3.57. The fraction of sp³-hybridized carbons (Fsp3) is 0.167. The monoisotopic (exact) mass is 266 g/mol. The normalized spacial score (nSPS) is 10.3. The van der Waals surface area contributed by atoms with E-state index in [1.165, 1.54) is 6.20 Å². The van der Waals surface area contributed by atoms with Gasteiger partial charge in [-0.1, -0.05) is 11.6 Å². The molecule has 2 rings (SSSR count). The largest absolute Gasteiger partial charge is 0.320 e. The van der Waals surface area contributed by atoms with E-state index in [2.05, 4.69) is 10.3 Å². The van der Waals surface area contributed by atoms with Gasteiger partial charge in [0.05, 0.1) is 16.3 Å². The lowest BCUT2D eigenvalue weighted by Gasteiger charge is -2.05. The third-order valence-electron chi connectivity index (χ3n) is 2.31. The lowest BCUT2D eigenvalue weighted by Crippen LogP contribution is -2.12. The first-order valence-corrected chi connectivity index (χ1v) is 6.25. The molecule has 0 atom stereocenters. The molecule has 0 aliphatic carbocycles. The molecule has 0 spiro atoms. The van der Waals surface area contributed by atoms with Crippen molar-refractivity contribution in [1.29, 1.82) is 0 Å². The van der Waals surface area contributed by atoms with Crippen molar-refractivity contribution >= 4 is 34.5 Å². The Hall–Kier alpha value is -1.39. The van der Waals surface area contributed by atoms with E-state index in [1.54, 1.807) is 23.6 Å². The smallest absolute Gasteiger partial charge is 0.256 e. The Labute approximate surface area is 108 Å². The summed E-state index contributed by atoms with van der Waals surface area (Å²) in [5.41, 5.74) is 1.27.